The summed E-state index contributed by atoms with van der Waals surface area (Å²) in [7, 11) is 0. The van der Waals surface area contributed by atoms with E-state index in [1.165, 1.54) is 11.3 Å². The average molecular weight is 279 g/mol. The SMILES string of the molecule is O=C(Nc1nc(-c2ccc(Cl)cc2)cs1)C1CC1. The third-order valence-electron chi connectivity index (χ3n) is 2.82. The molecule has 1 aliphatic rings. The minimum absolute atomic E-state index is 0.0898. The van der Waals surface area contributed by atoms with Crippen LogP contribution in [-0.2, 0) is 4.79 Å². The molecule has 1 fully saturated rings. The number of carbonyl (C=O) groups is 1. The number of hydrogen-bond donors (Lipinski definition) is 1. The van der Waals surface area contributed by atoms with Crippen molar-refractivity contribution < 1.29 is 4.79 Å². The number of nitrogens with one attached hydrogen (secondary N) is 1. The molecule has 0 atom stereocenters. The Balaban J connectivity index is 1.76. The molecule has 1 saturated carbocycles. The van der Waals surface area contributed by atoms with Gasteiger partial charge in [0.1, 0.15) is 0 Å². The maximum Gasteiger partial charge on any atom is 0.229 e. The molecule has 1 aromatic carbocycles. The highest BCUT2D eigenvalue weighted by Gasteiger charge is 2.30. The number of anilines is 1. The quantitative estimate of drug-likeness (QED) is 0.927. The Morgan fingerprint density at radius 1 is 1.33 bits per heavy atom. The fourth-order valence-electron chi connectivity index (χ4n) is 1.64. The molecule has 3 nitrogen and oxygen atoms in total. The largest absolute Gasteiger partial charge is 0.302 e. The predicted octanol–water partition coefficient (Wildman–Crippen LogP) is 3.81. The Morgan fingerprint density at radius 2 is 2.06 bits per heavy atom. The summed E-state index contributed by atoms with van der Waals surface area (Å²) in [6, 6.07) is 7.51. The molecular formula is C13H11ClN2OS. The van der Waals surface area contributed by atoms with Gasteiger partial charge in [-0.25, -0.2) is 4.98 Å². The number of amides is 1. The van der Waals surface area contributed by atoms with Gasteiger partial charge in [0.2, 0.25) is 5.91 Å². The summed E-state index contributed by atoms with van der Waals surface area (Å²) >= 11 is 7.29. The van der Waals surface area contributed by atoms with Crippen LogP contribution < -0.4 is 5.32 Å². The molecule has 0 radical (unpaired) electrons. The van der Waals surface area contributed by atoms with Crippen LogP contribution in [0.4, 0.5) is 5.13 Å². The number of aromatic nitrogens is 1. The van der Waals surface area contributed by atoms with E-state index in [9.17, 15) is 4.79 Å². The first-order valence-corrected chi connectivity index (χ1v) is 7.00. The van der Waals surface area contributed by atoms with Crippen molar-refractivity contribution in [3.8, 4) is 11.3 Å². The maximum absolute atomic E-state index is 11.6. The number of hydrogen-bond acceptors (Lipinski definition) is 3. The van der Waals surface area contributed by atoms with E-state index in [0.29, 0.717) is 10.2 Å². The van der Waals surface area contributed by atoms with Gasteiger partial charge in [0.05, 0.1) is 5.69 Å². The zero-order valence-corrected chi connectivity index (χ0v) is 11.1. The van der Waals surface area contributed by atoms with Gasteiger partial charge in [0.25, 0.3) is 0 Å². The molecule has 1 heterocycles. The van der Waals surface area contributed by atoms with Crippen molar-refractivity contribution in [1.82, 2.24) is 4.98 Å². The van der Waals surface area contributed by atoms with E-state index in [0.717, 1.165) is 24.1 Å². The van der Waals surface area contributed by atoms with E-state index in [2.05, 4.69) is 10.3 Å². The molecule has 0 saturated heterocycles. The molecule has 0 unspecified atom stereocenters. The fourth-order valence-corrected chi connectivity index (χ4v) is 2.49. The van der Waals surface area contributed by atoms with Crippen molar-refractivity contribution in [3.05, 3.63) is 34.7 Å². The van der Waals surface area contributed by atoms with Crippen LogP contribution in [0.5, 0.6) is 0 Å². The second-order valence-corrected chi connectivity index (χ2v) is 5.60. The van der Waals surface area contributed by atoms with Gasteiger partial charge in [-0.15, -0.1) is 11.3 Å². The van der Waals surface area contributed by atoms with E-state index in [1.54, 1.807) is 0 Å². The van der Waals surface area contributed by atoms with Gasteiger partial charge >= 0.3 is 0 Å². The van der Waals surface area contributed by atoms with E-state index in [1.807, 2.05) is 29.6 Å². The van der Waals surface area contributed by atoms with Gasteiger partial charge in [0, 0.05) is 21.9 Å². The zero-order valence-electron chi connectivity index (χ0n) is 9.52. The first-order chi connectivity index (χ1) is 8.72. The minimum Gasteiger partial charge on any atom is -0.302 e. The summed E-state index contributed by atoms with van der Waals surface area (Å²) in [5, 5.41) is 6.15. The molecule has 1 amide bonds. The van der Waals surface area contributed by atoms with Gasteiger partial charge in [-0.05, 0) is 25.0 Å². The van der Waals surface area contributed by atoms with Gasteiger partial charge in [-0.1, -0.05) is 23.7 Å². The molecule has 1 aromatic heterocycles. The number of benzene rings is 1. The Bertz CT molecular complexity index is 575. The normalized spacial score (nSPS) is 14.5. The van der Waals surface area contributed by atoms with Gasteiger partial charge in [0.15, 0.2) is 5.13 Å². The Morgan fingerprint density at radius 3 is 2.72 bits per heavy atom. The van der Waals surface area contributed by atoms with Gasteiger partial charge in [-0.3, -0.25) is 4.79 Å². The third-order valence-corrected chi connectivity index (χ3v) is 3.83. The van der Waals surface area contributed by atoms with Gasteiger partial charge < -0.3 is 5.32 Å². The van der Waals surface area contributed by atoms with Crippen molar-refractivity contribution in [2.45, 2.75) is 12.8 Å². The van der Waals surface area contributed by atoms with Crippen molar-refractivity contribution in [1.29, 1.82) is 0 Å². The number of halogens is 1. The topological polar surface area (TPSA) is 42.0 Å². The Hall–Kier alpha value is -1.39. The monoisotopic (exact) mass is 278 g/mol. The number of nitrogens with zero attached hydrogens (tertiary/aromatic N) is 1. The first kappa shape index (κ1) is 11.7. The number of thiazole rings is 1. The summed E-state index contributed by atoms with van der Waals surface area (Å²) in [5.74, 6) is 0.292. The molecule has 5 heteroatoms. The molecule has 2 aromatic rings. The predicted molar refractivity (Wildman–Crippen MR) is 73.9 cm³/mol. The first-order valence-electron chi connectivity index (χ1n) is 5.75. The summed E-state index contributed by atoms with van der Waals surface area (Å²) in [5.41, 5.74) is 1.87. The second-order valence-electron chi connectivity index (χ2n) is 4.31. The molecule has 1 N–H and O–H groups in total. The molecule has 92 valence electrons. The van der Waals surface area contributed by atoms with Crippen LogP contribution in [0.2, 0.25) is 5.02 Å². The van der Waals surface area contributed by atoms with E-state index < -0.39 is 0 Å². The van der Waals surface area contributed by atoms with Crippen LogP contribution in [0.15, 0.2) is 29.6 Å². The van der Waals surface area contributed by atoms with Crippen molar-refractivity contribution in [2.24, 2.45) is 5.92 Å². The lowest BCUT2D eigenvalue weighted by Crippen LogP contribution is -2.12. The van der Waals surface area contributed by atoms with Gasteiger partial charge in [-0.2, -0.15) is 0 Å². The van der Waals surface area contributed by atoms with Crippen molar-refractivity contribution in [3.63, 3.8) is 0 Å². The van der Waals surface area contributed by atoms with Crippen LogP contribution in [-0.4, -0.2) is 10.9 Å². The van der Waals surface area contributed by atoms with Crippen molar-refractivity contribution >= 4 is 34.0 Å². The second kappa shape index (κ2) is 4.71. The maximum atomic E-state index is 11.6. The van der Waals surface area contributed by atoms with Crippen LogP contribution in [0.25, 0.3) is 11.3 Å². The van der Waals surface area contributed by atoms with E-state index in [-0.39, 0.29) is 11.8 Å². The molecule has 3 rings (SSSR count). The van der Waals surface area contributed by atoms with E-state index >= 15 is 0 Å². The van der Waals surface area contributed by atoms with Crippen LogP contribution in [0.1, 0.15) is 12.8 Å². The molecule has 1 aliphatic carbocycles. The number of rotatable bonds is 3. The molecular weight excluding hydrogens is 268 g/mol. The standard InChI is InChI=1S/C13H11ClN2OS/c14-10-5-3-8(4-6-10)11-7-18-13(15-11)16-12(17)9-1-2-9/h3-7,9H,1-2H2,(H,15,16,17). The average Bonchev–Trinajstić information content (AvgIpc) is 3.12. The lowest BCUT2D eigenvalue weighted by molar-refractivity contribution is -0.117. The number of carbonyl (C=O) groups excluding carboxylic acids is 1. The lowest BCUT2D eigenvalue weighted by atomic mass is 10.2. The minimum atomic E-state index is 0.0898. The molecule has 0 bridgehead atoms. The van der Waals surface area contributed by atoms with Crippen LogP contribution in [0, 0.1) is 5.92 Å². The summed E-state index contributed by atoms with van der Waals surface area (Å²) < 4.78 is 0. The third kappa shape index (κ3) is 2.54. The molecule has 18 heavy (non-hydrogen) atoms. The van der Waals surface area contributed by atoms with Crippen LogP contribution >= 0.6 is 22.9 Å². The summed E-state index contributed by atoms with van der Waals surface area (Å²) in [4.78, 5) is 16.0. The van der Waals surface area contributed by atoms with Crippen molar-refractivity contribution in [2.75, 3.05) is 5.32 Å². The fraction of sp³-hybridized carbons (Fsp3) is 0.231. The Kier molecular flexibility index (Phi) is 3.06. The Labute approximate surface area is 114 Å². The zero-order chi connectivity index (χ0) is 12.5. The van der Waals surface area contributed by atoms with E-state index in [4.69, 9.17) is 11.6 Å². The molecule has 0 spiro atoms. The van der Waals surface area contributed by atoms with Crippen LogP contribution in [0.3, 0.4) is 0 Å². The highest BCUT2D eigenvalue weighted by Crippen LogP contribution is 2.31. The summed E-state index contributed by atoms with van der Waals surface area (Å²) in [6.07, 6.45) is 2.00. The summed E-state index contributed by atoms with van der Waals surface area (Å²) in [6.45, 7) is 0. The highest BCUT2D eigenvalue weighted by molar-refractivity contribution is 7.14. The molecule has 0 aliphatic heterocycles. The lowest BCUT2D eigenvalue weighted by Gasteiger charge is -1.98. The highest BCUT2D eigenvalue weighted by atomic mass is 35.5. The smallest absolute Gasteiger partial charge is 0.229 e.